The maximum Gasteiger partial charge on any atom is 0.112 e. The van der Waals surface area contributed by atoms with Crippen molar-refractivity contribution in [3.05, 3.63) is 364 Å². The Bertz CT molecular complexity index is 2980. The maximum atomic E-state index is 2.32. The van der Waals surface area contributed by atoms with Crippen LogP contribution in [0.4, 0.5) is 0 Å². The lowest BCUT2D eigenvalue weighted by Crippen LogP contribution is -3.00. The van der Waals surface area contributed by atoms with Crippen molar-refractivity contribution in [2.75, 3.05) is 24.6 Å². The molecule has 0 aromatic heterocycles. The summed E-state index contributed by atoms with van der Waals surface area (Å²) in [6.45, 7) is 9.15. The van der Waals surface area contributed by atoms with Crippen LogP contribution in [0.15, 0.2) is 364 Å². The second kappa shape index (κ2) is 41.9. The maximum absolute atomic E-state index is 2.32. The minimum absolute atomic E-state index is 0. The summed E-state index contributed by atoms with van der Waals surface area (Å²) in [6, 6.07) is 134. The molecule has 0 aliphatic carbocycles. The van der Waals surface area contributed by atoms with E-state index in [2.05, 4.69) is 392 Å². The average Bonchev–Trinajstić information content (AvgIpc) is 0.790. The van der Waals surface area contributed by atoms with Crippen LogP contribution in [0.25, 0.3) is 0 Å². The van der Waals surface area contributed by atoms with Crippen LogP contribution in [0.3, 0.4) is 0 Å². The molecule has 0 spiro atoms. The van der Waals surface area contributed by atoms with Gasteiger partial charge in [0.1, 0.15) is 92.7 Å². The zero-order valence-electron chi connectivity index (χ0n) is 56.4. The Morgan fingerprint density at radius 2 is 0.229 bits per heavy atom. The largest absolute Gasteiger partial charge is 1.00 e. The van der Waals surface area contributed by atoms with Gasteiger partial charge < -0.3 is 18.8 Å². The molecule has 12 aromatic carbocycles. The highest BCUT2D eigenvalue weighted by atomic mass is 31.2. The molecule has 96 heavy (non-hydrogen) atoms. The topological polar surface area (TPSA) is 0 Å². The normalized spacial score (nSPS) is 10.9. The summed E-state index contributed by atoms with van der Waals surface area (Å²) in [7, 11) is -6.28. The molecule has 0 amide bonds. The molecule has 0 aliphatic rings. The fourth-order valence-electron chi connectivity index (χ4n) is 13.1. The number of hydrogen-bond donors (Lipinski definition) is 0. The SMILES string of the molecule is CCCC[P+](c1ccccc1)(c1ccccc1)c1ccccc1.CCCC[P+](c1ccccc1)(c1ccccc1)c1ccccc1.CCCC[P+](c1ccccc1)(c1ccccc1)c1ccccc1.CCCC[P+](c1ccccc1)(c1ccccc1)c1ccccc1.[F-].[F-].[F-].[F-]. The number of benzene rings is 12. The molecule has 0 bridgehead atoms. The Morgan fingerprint density at radius 1 is 0.146 bits per heavy atom. The molecule has 0 atom stereocenters. The van der Waals surface area contributed by atoms with E-state index in [9.17, 15) is 0 Å². The van der Waals surface area contributed by atoms with Crippen LogP contribution < -0.4 is 82.5 Å². The molecular formula is C88H96F4P4. The molecule has 0 aliphatic heterocycles. The summed E-state index contributed by atoms with van der Waals surface area (Å²) in [5.74, 6) is 0. The van der Waals surface area contributed by atoms with Crippen molar-refractivity contribution in [1.82, 2.24) is 0 Å². The van der Waals surface area contributed by atoms with E-state index < -0.39 is 29.0 Å². The van der Waals surface area contributed by atoms with Crippen molar-refractivity contribution in [2.24, 2.45) is 0 Å². The van der Waals surface area contributed by atoms with Gasteiger partial charge in [0.15, 0.2) is 0 Å². The van der Waals surface area contributed by atoms with Gasteiger partial charge in [-0.25, -0.2) is 0 Å². The van der Waals surface area contributed by atoms with Crippen molar-refractivity contribution >= 4 is 92.7 Å². The van der Waals surface area contributed by atoms with E-state index in [-0.39, 0.29) is 18.8 Å². The second-order valence-electron chi connectivity index (χ2n) is 23.6. The first-order chi connectivity index (χ1) is 45.5. The fraction of sp³-hybridized carbons (Fsp3) is 0.182. The average molecular weight is 1350 g/mol. The molecule has 12 rings (SSSR count). The summed E-state index contributed by atoms with van der Waals surface area (Å²) < 4.78 is 0. The fourth-order valence-corrected chi connectivity index (χ4v) is 31.1. The van der Waals surface area contributed by atoms with Gasteiger partial charge in [-0.3, -0.25) is 0 Å². The van der Waals surface area contributed by atoms with Crippen LogP contribution in [-0.4, -0.2) is 24.6 Å². The Kier molecular flexibility index (Phi) is 34.4. The van der Waals surface area contributed by atoms with Crippen LogP contribution in [0, 0.1) is 0 Å². The van der Waals surface area contributed by atoms with E-state index >= 15 is 0 Å². The van der Waals surface area contributed by atoms with Gasteiger partial charge in [-0.2, -0.15) is 0 Å². The van der Waals surface area contributed by atoms with Gasteiger partial charge in [-0.1, -0.05) is 272 Å². The summed E-state index contributed by atoms with van der Waals surface area (Å²) in [4.78, 5) is 0. The molecule has 0 saturated carbocycles. The summed E-state index contributed by atoms with van der Waals surface area (Å²) in [5, 5.41) is 17.9. The Hall–Kier alpha value is -7.92. The minimum atomic E-state index is -1.57. The second-order valence-corrected chi connectivity index (χ2v) is 38.0. The predicted molar refractivity (Wildman–Crippen MR) is 420 cm³/mol. The molecule has 12 aromatic rings. The third-order valence-corrected chi connectivity index (χ3v) is 35.9. The highest BCUT2D eigenvalue weighted by Gasteiger charge is 2.48. The number of hydrogen-bond acceptors (Lipinski definition) is 0. The third-order valence-electron chi connectivity index (χ3n) is 17.8. The van der Waals surface area contributed by atoms with Gasteiger partial charge in [0.25, 0.3) is 0 Å². The molecule has 496 valence electrons. The van der Waals surface area contributed by atoms with Crippen molar-refractivity contribution < 1.29 is 18.8 Å². The van der Waals surface area contributed by atoms with E-state index in [1.807, 2.05) is 0 Å². The van der Waals surface area contributed by atoms with E-state index in [0.717, 1.165) is 0 Å². The molecule has 8 heteroatoms. The summed E-state index contributed by atoms with van der Waals surface area (Å²) >= 11 is 0. The van der Waals surface area contributed by atoms with Crippen LogP contribution in [0.2, 0.25) is 0 Å². The summed E-state index contributed by atoms with van der Waals surface area (Å²) in [5.41, 5.74) is 0. The zero-order valence-corrected chi connectivity index (χ0v) is 60.0. The van der Waals surface area contributed by atoms with Gasteiger partial charge in [-0.15, -0.1) is 0 Å². The Labute approximate surface area is 575 Å². The molecule has 0 radical (unpaired) electrons. The lowest BCUT2D eigenvalue weighted by Gasteiger charge is -2.27. The monoisotopic (exact) mass is 1350 g/mol. The zero-order chi connectivity index (χ0) is 63.8. The van der Waals surface area contributed by atoms with Crippen molar-refractivity contribution in [1.29, 1.82) is 0 Å². The van der Waals surface area contributed by atoms with Crippen molar-refractivity contribution in [3.8, 4) is 0 Å². The molecule has 0 nitrogen and oxygen atoms in total. The third kappa shape index (κ3) is 19.2. The number of rotatable bonds is 24. The highest BCUT2D eigenvalue weighted by Crippen LogP contribution is 2.59. The van der Waals surface area contributed by atoms with Gasteiger partial charge in [-0.05, 0) is 171 Å². The number of halogens is 4. The molecule has 0 saturated heterocycles. The predicted octanol–water partition coefficient (Wildman–Crippen LogP) is 7.14. The lowest BCUT2D eigenvalue weighted by molar-refractivity contribution is -0.00100. The molecule has 0 fully saturated rings. The van der Waals surface area contributed by atoms with Crippen LogP contribution in [0.5, 0.6) is 0 Å². The Balaban J connectivity index is 0.000000228. The van der Waals surface area contributed by atoms with Crippen molar-refractivity contribution in [3.63, 3.8) is 0 Å². The quantitative estimate of drug-likeness (QED) is 0.0447. The highest BCUT2D eigenvalue weighted by molar-refractivity contribution is 7.97. The lowest BCUT2D eigenvalue weighted by atomic mass is 10.3. The van der Waals surface area contributed by atoms with E-state index in [1.165, 1.54) is 140 Å². The molecule has 0 N–H and O–H groups in total. The van der Waals surface area contributed by atoms with E-state index in [0.29, 0.717) is 0 Å². The van der Waals surface area contributed by atoms with Crippen LogP contribution >= 0.6 is 29.0 Å². The standard InChI is InChI=1S/4C22H24P.4FH/c4*1-2-3-19-23(20-13-7-4-8-14-20,21-15-9-5-10-16-21)22-17-11-6-12-18-22;;;;/h4*4-18H,2-3,19H2,1H3;4*1H/q4*+1;;;;/p-4. The van der Waals surface area contributed by atoms with Gasteiger partial charge in [0.05, 0.1) is 24.6 Å². The van der Waals surface area contributed by atoms with Crippen LogP contribution in [-0.2, 0) is 0 Å². The minimum Gasteiger partial charge on any atom is -1.00 e. The van der Waals surface area contributed by atoms with E-state index in [1.54, 1.807) is 0 Å². The van der Waals surface area contributed by atoms with Gasteiger partial charge in [0, 0.05) is 0 Å². The van der Waals surface area contributed by atoms with Crippen LogP contribution in [0.1, 0.15) is 79.1 Å². The van der Waals surface area contributed by atoms with Gasteiger partial charge >= 0.3 is 0 Å². The van der Waals surface area contributed by atoms with Gasteiger partial charge in [0.2, 0.25) is 0 Å². The molecule has 0 heterocycles. The first-order valence-corrected chi connectivity index (χ1v) is 41.6. The molecule has 0 unspecified atom stereocenters. The Morgan fingerprint density at radius 3 is 0.302 bits per heavy atom. The first-order valence-electron chi connectivity index (χ1n) is 33.7. The smallest absolute Gasteiger partial charge is 0.112 e. The number of unbranched alkanes of at least 4 members (excludes halogenated alkanes) is 4. The van der Waals surface area contributed by atoms with Crippen molar-refractivity contribution in [2.45, 2.75) is 79.1 Å². The first kappa shape index (κ1) is 78.8. The summed E-state index contributed by atoms with van der Waals surface area (Å²) in [6.07, 6.45) is 14.9. The molecular weight excluding hydrogens is 1260 g/mol. The van der Waals surface area contributed by atoms with E-state index in [4.69, 9.17) is 0 Å².